The van der Waals surface area contributed by atoms with E-state index in [-0.39, 0.29) is 29.4 Å². The number of piperazine rings is 1. The van der Waals surface area contributed by atoms with Crippen LogP contribution in [0, 0.1) is 0 Å². The van der Waals surface area contributed by atoms with E-state index in [1.807, 2.05) is 25.2 Å². The number of rotatable bonds is 8. The number of carbonyl (C=O) groups is 2. The molecule has 3 aliphatic heterocycles. The normalized spacial score (nSPS) is 21.9. The lowest BCUT2D eigenvalue weighted by Crippen LogP contribution is -2.71. The molecule has 4 aromatic rings. The number of likely N-dealkylation sites (tertiary alicyclic amines) is 1. The van der Waals surface area contributed by atoms with Gasteiger partial charge >= 0.3 is 0 Å². The number of hydrogen-bond acceptors (Lipinski definition) is 8. The Labute approximate surface area is 297 Å². The van der Waals surface area contributed by atoms with Gasteiger partial charge in [-0.05, 0) is 61.9 Å². The Morgan fingerprint density at radius 1 is 0.880 bits per heavy atom. The molecular weight excluding hydrogens is 700 g/mol. The number of piperidine rings is 1. The van der Waals surface area contributed by atoms with Gasteiger partial charge in [0.25, 0.3) is 20.0 Å². The summed E-state index contributed by atoms with van der Waals surface area (Å²) in [7, 11) is -7.15. The molecular formula is C35H39ClN6O6S2. The van der Waals surface area contributed by atoms with Gasteiger partial charge in [0.2, 0.25) is 11.8 Å². The zero-order valence-electron chi connectivity index (χ0n) is 27.8. The second-order valence-corrected chi connectivity index (χ2v) is 17.6. The van der Waals surface area contributed by atoms with E-state index in [9.17, 15) is 26.4 Å². The third-order valence-electron chi connectivity index (χ3n) is 10.6. The topological polar surface area (TPSA) is 132 Å². The molecule has 4 heterocycles. The van der Waals surface area contributed by atoms with Crippen LogP contribution in [0.25, 0.3) is 10.9 Å². The number of sulfonamides is 1. The number of benzene rings is 3. The maximum Gasteiger partial charge on any atom is 0.269 e. The summed E-state index contributed by atoms with van der Waals surface area (Å²) in [5.41, 5.74) is -0.320. The highest BCUT2D eigenvalue weighted by Gasteiger charge is 2.63. The van der Waals surface area contributed by atoms with Crippen LogP contribution in [0.15, 0.2) is 94.9 Å². The average molecular weight is 739 g/mol. The summed E-state index contributed by atoms with van der Waals surface area (Å²) < 4.78 is 59.7. The minimum atomic E-state index is -4.64. The number of likely N-dealkylation sites (N-methyl/N-ethyl adjacent to an activating group) is 1. The zero-order chi connectivity index (χ0) is 35.5. The van der Waals surface area contributed by atoms with Crippen LogP contribution >= 0.6 is 11.6 Å². The first-order valence-electron chi connectivity index (χ1n) is 16.4. The minimum Gasteiger partial charge on any atom is -0.353 e. The highest BCUT2D eigenvalue weighted by molar-refractivity contribution is 7.92. The second kappa shape index (κ2) is 12.8. The van der Waals surface area contributed by atoms with E-state index in [0.717, 1.165) is 40.8 Å². The van der Waals surface area contributed by atoms with Crippen LogP contribution in [0.4, 0.5) is 0 Å². The second-order valence-electron chi connectivity index (χ2n) is 13.5. The van der Waals surface area contributed by atoms with E-state index in [1.165, 1.54) is 48.9 Å². The fraction of sp³-hybridized carbons (Fsp3) is 0.371. The lowest BCUT2D eigenvalue weighted by molar-refractivity contribution is -0.147. The highest BCUT2D eigenvalue weighted by Crippen LogP contribution is 2.45. The lowest BCUT2D eigenvalue weighted by Gasteiger charge is -2.51. The van der Waals surface area contributed by atoms with Crippen LogP contribution in [0.5, 0.6) is 0 Å². The van der Waals surface area contributed by atoms with Crippen molar-refractivity contribution in [3.8, 4) is 0 Å². The molecule has 3 aliphatic rings. The molecule has 0 saturated carbocycles. The number of hydrogen-bond donors (Lipinski definition) is 1. The summed E-state index contributed by atoms with van der Waals surface area (Å²) in [5.74, 6) is -0.734. The number of nitrogens with one attached hydrogen (secondary N) is 1. The predicted molar refractivity (Wildman–Crippen MR) is 189 cm³/mol. The molecule has 0 bridgehead atoms. The standard InChI is InChI=1S/C35H39ClN6O6S2/c1-26(43)37-23-35-25-40(22-32(44)41(35)24-34(38(35)2)15-17-39(18-16-34)21-27-9-5-3-6-10-27)50(47,48)33-20-28-19-29(36)13-14-31(28)42(33)49(45,46)30-11-7-4-8-12-30/h3-14,19-20H,15-18,21-25H2,1-2H3,(H,37,43). The fourth-order valence-corrected chi connectivity index (χ4v) is 11.5. The van der Waals surface area contributed by atoms with Gasteiger partial charge in [-0.15, -0.1) is 0 Å². The van der Waals surface area contributed by atoms with Gasteiger partial charge in [0.15, 0.2) is 5.03 Å². The molecule has 3 saturated heterocycles. The molecule has 0 aliphatic carbocycles. The Morgan fingerprint density at radius 3 is 2.20 bits per heavy atom. The van der Waals surface area contributed by atoms with E-state index in [2.05, 4.69) is 27.2 Å². The number of nitrogens with zero attached hydrogens (tertiary/aromatic N) is 5. The third kappa shape index (κ3) is 5.81. The number of carbonyl (C=O) groups excluding carboxylic acids is 2. The molecule has 3 aromatic carbocycles. The van der Waals surface area contributed by atoms with Crippen molar-refractivity contribution < 1.29 is 26.4 Å². The predicted octanol–water partition coefficient (Wildman–Crippen LogP) is 3.18. The fourth-order valence-electron chi connectivity index (χ4n) is 7.82. The number of fused-ring (bicyclic) bond motifs is 2. The van der Waals surface area contributed by atoms with Crippen molar-refractivity contribution in [3.05, 3.63) is 95.5 Å². The van der Waals surface area contributed by atoms with Gasteiger partial charge in [0, 0.05) is 49.1 Å². The Balaban J connectivity index is 1.26. The molecule has 50 heavy (non-hydrogen) atoms. The molecule has 15 heteroatoms. The molecule has 3 fully saturated rings. The lowest BCUT2D eigenvalue weighted by atomic mass is 9.86. The zero-order valence-corrected chi connectivity index (χ0v) is 30.2. The van der Waals surface area contributed by atoms with Crippen LogP contribution in [-0.2, 0) is 36.2 Å². The van der Waals surface area contributed by atoms with Gasteiger partial charge in [-0.25, -0.2) is 20.8 Å². The molecule has 1 atom stereocenters. The van der Waals surface area contributed by atoms with Crippen molar-refractivity contribution in [2.75, 3.05) is 46.3 Å². The largest absolute Gasteiger partial charge is 0.353 e. The Morgan fingerprint density at radius 2 is 1.54 bits per heavy atom. The van der Waals surface area contributed by atoms with E-state index in [1.54, 1.807) is 23.1 Å². The maximum atomic E-state index is 14.8. The van der Waals surface area contributed by atoms with Crippen LogP contribution in [0.3, 0.4) is 0 Å². The first kappa shape index (κ1) is 34.6. The Bertz CT molecular complexity index is 2170. The molecule has 1 unspecified atom stereocenters. The quantitative estimate of drug-likeness (QED) is 0.292. The molecule has 1 spiro atoms. The molecule has 1 N–H and O–H groups in total. The van der Waals surface area contributed by atoms with Gasteiger partial charge in [0.05, 0.1) is 30.0 Å². The van der Waals surface area contributed by atoms with Crippen LogP contribution in [0.1, 0.15) is 25.3 Å². The van der Waals surface area contributed by atoms with Crippen molar-refractivity contribution in [2.45, 2.75) is 47.4 Å². The highest BCUT2D eigenvalue weighted by atomic mass is 35.5. The molecule has 1 aromatic heterocycles. The van der Waals surface area contributed by atoms with Crippen LogP contribution in [-0.4, -0.2) is 109 Å². The summed E-state index contributed by atoms with van der Waals surface area (Å²) in [6, 6.07) is 23.6. The van der Waals surface area contributed by atoms with Gasteiger partial charge in [-0.2, -0.15) is 4.31 Å². The van der Waals surface area contributed by atoms with Gasteiger partial charge in [-0.3, -0.25) is 19.4 Å². The van der Waals surface area contributed by atoms with Crippen molar-refractivity contribution >= 4 is 54.4 Å². The van der Waals surface area contributed by atoms with Crippen molar-refractivity contribution in [1.29, 1.82) is 0 Å². The molecule has 12 nitrogen and oxygen atoms in total. The summed E-state index contributed by atoms with van der Waals surface area (Å²) in [5, 5.41) is 2.99. The van der Waals surface area contributed by atoms with E-state index in [0.29, 0.717) is 17.0 Å². The monoisotopic (exact) mass is 738 g/mol. The third-order valence-corrected chi connectivity index (χ3v) is 14.4. The number of halogens is 1. The smallest absolute Gasteiger partial charge is 0.269 e. The van der Waals surface area contributed by atoms with E-state index < -0.39 is 48.7 Å². The first-order chi connectivity index (χ1) is 23.8. The first-order valence-corrected chi connectivity index (χ1v) is 19.7. The molecule has 2 amide bonds. The van der Waals surface area contributed by atoms with Crippen LogP contribution < -0.4 is 5.32 Å². The summed E-state index contributed by atoms with van der Waals surface area (Å²) in [6.45, 7) is 3.45. The van der Waals surface area contributed by atoms with E-state index in [4.69, 9.17) is 11.6 Å². The van der Waals surface area contributed by atoms with Crippen LogP contribution in [0.2, 0.25) is 5.02 Å². The number of amides is 2. The summed E-state index contributed by atoms with van der Waals surface area (Å²) in [6.07, 6.45) is 1.47. The van der Waals surface area contributed by atoms with Crippen molar-refractivity contribution in [3.63, 3.8) is 0 Å². The molecule has 7 rings (SSSR count). The Kier molecular flexibility index (Phi) is 8.84. The van der Waals surface area contributed by atoms with Gasteiger partial charge in [0.1, 0.15) is 5.66 Å². The van der Waals surface area contributed by atoms with Crippen molar-refractivity contribution in [1.82, 2.24) is 28.3 Å². The maximum absolute atomic E-state index is 14.8. The average Bonchev–Trinajstić information content (AvgIpc) is 3.60. The van der Waals surface area contributed by atoms with Gasteiger partial charge in [-0.1, -0.05) is 60.1 Å². The van der Waals surface area contributed by atoms with E-state index >= 15 is 0 Å². The minimum absolute atomic E-state index is 0.00696. The Hall–Kier alpha value is -3.79. The summed E-state index contributed by atoms with van der Waals surface area (Å²) >= 11 is 6.26. The SMILES string of the molecule is CC(=O)NCC12CN(S(=O)(=O)c3cc4cc(Cl)ccc4n3S(=O)(=O)c3ccccc3)CC(=O)N1CC1(CCN(Cc3ccccc3)CC1)N2C. The molecule has 0 radical (unpaired) electrons. The van der Waals surface area contributed by atoms with Gasteiger partial charge < -0.3 is 10.2 Å². The van der Waals surface area contributed by atoms with Crippen molar-refractivity contribution in [2.24, 2.45) is 0 Å². The number of aromatic nitrogens is 1. The molecule has 264 valence electrons. The summed E-state index contributed by atoms with van der Waals surface area (Å²) in [4.78, 5) is 32.5.